The van der Waals surface area contributed by atoms with Gasteiger partial charge in [-0.1, -0.05) is 23.7 Å². The number of hydrogen-bond acceptors (Lipinski definition) is 2. The number of carbonyl (C=O) groups excluding carboxylic acids is 1. The molecule has 0 aliphatic carbocycles. The average molecular weight is 397 g/mol. The summed E-state index contributed by atoms with van der Waals surface area (Å²) in [5, 5.41) is 11.7. The molecule has 0 spiro atoms. The minimum absolute atomic E-state index is 0.175. The van der Waals surface area contributed by atoms with E-state index in [1.807, 2.05) is 24.3 Å². The van der Waals surface area contributed by atoms with Gasteiger partial charge in [0.15, 0.2) is 0 Å². The molecule has 1 aliphatic heterocycles. The minimum atomic E-state index is -0.595. The Hall–Kier alpha value is -1.40. The van der Waals surface area contributed by atoms with Crippen molar-refractivity contribution in [3.05, 3.63) is 62.2 Å². The molecule has 0 fully saturated rings. The fourth-order valence-corrected chi connectivity index (χ4v) is 3.07. The van der Waals surface area contributed by atoms with Gasteiger partial charge >= 0.3 is 0 Å². The van der Waals surface area contributed by atoms with E-state index in [-0.39, 0.29) is 5.91 Å². The van der Waals surface area contributed by atoms with Crippen LogP contribution in [0, 0.1) is 8.98 Å². The Bertz CT molecular complexity index is 730. The quantitative estimate of drug-likeness (QED) is 0.584. The van der Waals surface area contributed by atoms with Crippen molar-refractivity contribution in [3.63, 3.8) is 0 Å². The molecule has 1 atom stereocenters. The van der Waals surface area contributed by atoms with Crippen molar-refractivity contribution in [2.75, 3.05) is 5.32 Å². The maximum atomic E-state index is 12.1. The standard InChI is InChI=1S/C15H10ClIN2O/c16-9-4-5-12-11(7-9)13(15(20)19-12)14(18)8-2-1-3-10(17)6-8/h1-7,13,18H,(H,19,20). The predicted molar refractivity (Wildman–Crippen MR) is 88.8 cm³/mol. The number of rotatable bonds is 2. The summed E-state index contributed by atoms with van der Waals surface area (Å²) >= 11 is 8.20. The third-order valence-electron chi connectivity index (χ3n) is 3.27. The highest BCUT2D eigenvalue weighted by Gasteiger charge is 2.34. The first-order valence-electron chi connectivity index (χ1n) is 6.01. The molecule has 0 bridgehead atoms. The topological polar surface area (TPSA) is 53.0 Å². The second-order valence-corrected chi connectivity index (χ2v) is 6.26. The van der Waals surface area contributed by atoms with Crippen molar-refractivity contribution in [3.8, 4) is 0 Å². The van der Waals surface area contributed by atoms with E-state index >= 15 is 0 Å². The number of anilines is 1. The molecule has 3 nitrogen and oxygen atoms in total. The van der Waals surface area contributed by atoms with Gasteiger partial charge in [-0.25, -0.2) is 0 Å². The van der Waals surface area contributed by atoms with Crippen LogP contribution >= 0.6 is 34.2 Å². The summed E-state index contributed by atoms with van der Waals surface area (Å²) in [6.45, 7) is 0. The fraction of sp³-hybridized carbons (Fsp3) is 0.0667. The van der Waals surface area contributed by atoms with Crippen molar-refractivity contribution in [2.45, 2.75) is 5.92 Å². The van der Waals surface area contributed by atoms with Crippen LogP contribution in [0.4, 0.5) is 5.69 Å². The van der Waals surface area contributed by atoms with E-state index < -0.39 is 5.92 Å². The lowest BCUT2D eigenvalue weighted by Gasteiger charge is -2.11. The summed E-state index contributed by atoms with van der Waals surface area (Å²) < 4.78 is 1.04. The number of amides is 1. The molecule has 1 unspecified atom stereocenters. The van der Waals surface area contributed by atoms with Crippen molar-refractivity contribution < 1.29 is 4.79 Å². The van der Waals surface area contributed by atoms with E-state index in [1.165, 1.54) is 0 Å². The molecule has 3 rings (SSSR count). The van der Waals surface area contributed by atoms with Crippen LogP contribution in [0.1, 0.15) is 17.0 Å². The lowest BCUT2D eigenvalue weighted by atomic mass is 9.91. The molecule has 2 aromatic carbocycles. The number of nitrogens with one attached hydrogen (secondary N) is 2. The van der Waals surface area contributed by atoms with Gasteiger partial charge in [0.05, 0.1) is 5.71 Å². The van der Waals surface area contributed by atoms with Gasteiger partial charge in [0.1, 0.15) is 5.92 Å². The molecule has 1 heterocycles. The van der Waals surface area contributed by atoms with E-state index in [1.54, 1.807) is 18.2 Å². The summed E-state index contributed by atoms with van der Waals surface area (Å²) in [7, 11) is 0. The summed E-state index contributed by atoms with van der Waals surface area (Å²) in [5.74, 6) is -0.770. The van der Waals surface area contributed by atoms with Crippen molar-refractivity contribution in [2.24, 2.45) is 0 Å². The lowest BCUT2D eigenvalue weighted by Crippen LogP contribution is -2.21. The third kappa shape index (κ3) is 2.33. The van der Waals surface area contributed by atoms with Gasteiger partial charge < -0.3 is 10.7 Å². The molecular formula is C15H10ClIN2O. The maximum Gasteiger partial charge on any atom is 0.238 e. The average Bonchev–Trinajstić information content (AvgIpc) is 2.73. The van der Waals surface area contributed by atoms with Gasteiger partial charge in [-0.05, 0) is 64.0 Å². The molecule has 0 radical (unpaired) electrons. The van der Waals surface area contributed by atoms with Crippen LogP contribution in [0.2, 0.25) is 5.02 Å². The molecule has 20 heavy (non-hydrogen) atoms. The minimum Gasteiger partial charge on any atom is -0.325 e. The van der Waals surface area contributed by atoms with Gasteiger partial charge in [0, 0.05) is 14.3 Å². The number of halogens is 2. The smallest absolute Gasteiger partial charge is 0.238 e. The highest BCUT2D eigenvalue weighted by Crippen LogP contribution is 2.36. The zero-order chi connectivity index (χ0) is 14.3. The Kier molecular flexibility index (Phi) is 3.52. The Labute approximate surface area is 135 Å². The van der Waals surface area contributed by atoms with E-state index in [9.17, 15) is 4.79 Å². The van der Waals surface area contributed by atoms with Gasteiger partial charge in [-0.2, -0.15) is 0 Å². The largest absolute Gasteiger partial charge is 0.325 e. The van der Waals surface area contributed by atoms with Gasteiger partial charge in [-0.15, -0.1) is 0 Å². The molecule has 2 aromatic rings. The molecular weight excluding hydrogens is 387 g/mol. The third-order valence-corrected chi connectivity index (χ3v) is 4.18. The van der Waals surface area contributed by atoms with Crippen molar-refractivity contribution in [1.29, 1.82) is 5.41 Å². The Balaban J connectivity index is 2.05. The molecule has 0 saturated carbocycles. The Morgan fingerprint density at radius 2 is 2.05 bits per heavy atom. The summed E-state index contributed by atoms with van der Waals surface area (Å²) in [5.41, 5.74) is 2.55. The van der Waals surface area contributed by atoms with Crippen molar-refractivity contribution in [1.82, 2.24) is 0 Å². The number of carbonyl (C=O) groups is 1. The normalized spacial score (nSPS) is 16.7. The second-order valence-electron chi connectivity index (χ2n) is 4.58. The highest BCUT2D eigenvalue weighted by molar-refractivity contribution is 14.1. The molecule has 1 amide bonds. The van der Waals surface area contributed by atoms with Crippen LogP contribution in [0.3, 0.4) is 0 Å². The second kappa shape index (κ2) is 5.18. The zero-order valence-electron chi connectivity index (χ0n) is 10.3. The summed E-state index contributed by atoms with van der Waals surface area (Å²) in [4.78, 5) is 12.1. The van der Waals surface area contributed by atoms with E-state index in [4.69, 9.17) is 17.0 Å². The van der Waals surface area contributed by atoms with Gasteiger partial charge in [-0.3, -0.25) is 4.79 Å². The molecule has 1 aliphatic rings. The van der Waals surface area contributed by atoms with Gasteiger partial charge in [0.2, 0.25) is 5.91 Å². The van der Waals surface area contributed by atoms with Crippen LogP contribution in [0.5, 0.6) is 0 Å². The lowest BCUT2D eigenvalue weighted by molar-refractivity contribution is -0.115. The number of hydrogen-bond donors (Lipinski definition) is 2. The Morgan fingerprint density at radius 1 is 1.25 bits per heavy atom. The molecule has 100 valence electrons. The first kappa shape index (κ1) is 13.6. The molecule has 2 N–H and O–H groups in total. The Morgan fingerprint density at radius 3 is 2.80 bits per heavy atom. The summed E-state index contributed by atoms with van der Waals surface area (Å²) in [6.07, 6.45) is 0. The molecule has 0 aromatic heterocycles. The zero-order valence-corrected chi connectivity index (χ0v) is 13.2. The van der Waals surface area contributed by atoms with Crippen molar-refractivity contribution >= 4 is 51.5 Å². The van der Waals surface area contributed by atoms with Gasteiger partial charge in [0.25, 0.3) is 0 Å². The van der Waals surface area contributed by atoms with Crippen LogP contribution in [0.15, 0.2) is 42.5 Å². The summed E-state index contributed by atoms with van der Waals surface area (Å²) in [6, 6.07) is 12.9. The predicted octanol–water partition coefficient (Wildman–Crippen LogP) is 4.05. The first-order valence-corrected chi connectivity index (χ1v) is 7.46. The number of fused-ring (bicyclic) bond motifs is 1. The van der Waals surface area contributed by atoms with Crippen LogP contribution in [0.25, 0.3) is 0 Å². The van der Waals surface area contributed by atoms with E-state index in [0.29, 0.717) is 10.7 Å². The highest BCUT2D eigenvalue weighted by atomic mass is 127. The van der Waals surface area contributed by atoms with E-state index in [2.05, 4.69) is 27.9 Å². The monoisotopic (exact) mass is 396 g/mol. The molecule has 5 heteroatoms. The SMILES string of the molecule is N=C(c1cccc(I)c1)C1C(=O)Nc2ccc(Cl)cc21. The van der Waals surface area contributed by atoms with Crippen LogP contribution in [-0.4, -0.2) is 11.6 Å². The number of benzene rings is 2. The van der Waals surface area contributed by atoms with Crippen LogP contribution < -0.4 is 5.32 Å². The first-order chi connectivity index (χ1) is 9.56. The molecule has 0 saturated heterocycles. The van der Waals surface area contributed by atoms with Crippen LogP contribution in [-0.2, 0) is 4.79 Å². The maximum absolute atomic E-state index is 12.1. The fourth-order valence-electron chi connectivity index (χ4n) is 2.34. The van der Waals surface area contributed by atoms with E-state index in [0.717, 1.165) is 20.4 Å².